The average Bonchev–Trinajstić information content (AvgIpc) is 3.11. The van der Waals surface area contributed by atoms with Gasteiger partial charge in [0.2, 0.25) is 0 Å². The van der Waals surface area contributed by atoms with Crippen LogP contribution >= 0.6 is 0 Å². The van der Waals surface area contributed by atoms with Crippen LogP contribution in [-0.4, -0.2) is 33.8 Å². The highest BCUT2D eigenvalue weighted by molar-refractivity contribution is 6.22. The third-order valence-electron chi connectivity index (χ3n) is 5.34. The molecule has 5 heteroatoms. The summed E-state index contributed by atoms with van der Waals surface area (Å²) in [6, 6.07) is 17.9. The first-order valence-corrected chi connectivity index (χ1v) is 9.67. The molecule has 1 aliphatic rings. The van der Waals surface area contributed by atoms with Crippen LogP contribution in [0.15, 0.2) is 59.6 Å². The zero-order chi connectivity index (χ0) is 19.5. The number of aromatic amines is 1. The van der Waals surface area contributed by atoms with E-state index >= 15 is 0 Å². The highest BCUT2D eigenvalue weighted by Gasteiger charge is 2.36. The zero-order valence-corrected chi connectivity index (χ0v) is 15.9. The van der Waals surface area contributed by atoms with Crippen LogP contribution in [0, 0.1) is 5.92 Å². The molecule has 142 valence electrons. The summed E-state index contributed by atoms with van der Waals surface area (Å²) in [4.78, 5) is 37.3. The molecule has 1 saturated carbocycles. The van der Waals surface area contributed by atoms with Crippen LogP contribution < -0.4 is 0 Å². The molecular weight excluding hydrogens is 350 g/mol. The monoisotopic (exact) mass is 373 g/mol. The Labute approximate surface area is 163 Å². The summed E-state index contributed by atoms with van der Waals surface area (Å²) < 4.78 is 0. The molecule has 1 heterocycles. The molecule has 1 fully saturated rings. The predicted octanol–water partition coefficient (Wildman–Crippen LogP) is 3.90. The van der Waals surface area contributed by atoms with Crippen molar-refractivity contribution in [2.75, 3.05) is 6.54 Å². The maximum atomic E-state index is 12.7. The van der Waals surface area contributed by atoms with E-state index < -0.39 is 5.92 Å². The Morgan fingerprint density at radius 2 is 1.86 bits per heavy atom. The second kappa shape index (κ2) is 7.89. The predicted molar refractivity (Wildman–Crippen MR) is 110 cm³/mol. The number of H-pyrrole nitrogens is 1. The lowest BCUT2D eigenvalue weighted by atomic mass is 9.75. The van der Waals surface area contributed by atoms with Gasteiger partial charge < -0.3 is 4.98 Å². The van der Waals surface area contributed by atoms with E-state index in [1.807, 2.05) is 54.6 Å². The number of carbonyl (C=O) groups excluding carboxylic acids is 2. The number of para-hydroxylation sites is 2. The van der Waals surface area contributed by atoms with E-state index in [0.717, 1.165) is 22.4 Å². The van der Waals surface area contributed by atoms with E-state index in [1.54, 1.807) is 0 Å². The second-order valence-corrected chi connectivity index (χ2v) is 7.35. The minimum atomic E-state index is -0.685. The number of hydrogen-bond acceptors (Lipinski definition) is 4. The summed E-state index contributed by atoms with van der Waals surface area (Å²) in [5.41, 5.74) is 3.78. The number of rotatable bonds is 5. The first-order valence-electron chi connectivity index (χ1n) is 9.67. The maximum Gasteiger partial charge on any atom is 0.149 e. The number of hydrogen-bond donors (Lipinski definition) is 1. The molecule has 28 heavy (non-hydrogen) atoms. The Bertz CT molecular complexity index is 1000. The number of benzene rings is 2. The van der Waals surface area contributed by atoms with Gasteiger partial charge in [0, 0.05) is 25.1 Å². The number of aromatic nitrogens is 2. The third-order valence-corrected chi connectivity index (χ3v) is 5.34. The topological polar surface area (TPSA) is 75.2 Å². The van der Waals surface area contributed by atoms with Crippen LogP contribution in [0.25, 0.3) is 11.0 Å². The number of ketones is 2. The van der Waals surface area contributed by atoms with Gasteiger partial charge in [0.25, 0.3) is 0 Å². The van der Waals surface area contributed by atoms with Crippen molar-refractivity contribution in [3.63, 3.8) is 0 Å². The molecule has 0 unspecified atom stereocenters. The second-order valence-electron chi connectivity index (χ2n) is 7.35. The van der Waals surface area contributed by atoms with Gasteiger partial charge in [0.05, 0.1) is 11.0 Å². The molecule has 5 nitrogen and oxygen atoms in total. The first-order chi connectivity index (χ1) is 13.6. The first kappa shape index (κ1) is 18.3. The molecule has 0 radical (unpaired) electrons. The smallest absolute Gasteiger partial charge is 0.149 e. The molecule has 2 aromatic carbocycles. The van der Waals surface area contributed by atoms with Crippen molar-refractivity contribution in [3.8, 4) is 0 Å². The van der Waals surface area contributed by atoms with Gasteiger partial charge in [-0.1, -0.05) is 42.5 Å². The molecule has 0 saturated heterocycles. The van der Waals surface area contributed by atoms with Crippen LogP contribution in [0.5, 0.6) is 0 Å². The largest absolute Gasteiger partial charge is 0.342 e. The van der Waals surface area contributed by atoms with Gasteiger partial charge in [0.15, 0.2) is 0 Å². The van der Waals surface area contributed by atoms with Gasteiger partial charge in [0.1, 0.15) is 23.3 Å². The molecule has 2 atom stereocenters. The summed E-state index contributed by atoms with van der Waals surface area (Å²) in [7, 11) is 0. The van der Waals surface area contributed by atoms with E-state index in [-0.39, 0.29) is 17.5 Å². The molecule has 0 aliphatic heterocycles. The Morgan fingerprint density at radius 1 is 1.11 bits per heavy atom. The number of fused-ring (bicyclic) bond motifs is 1. The fourth-order valence-corrected chi connectivity index (χ4v) is 4.00. The minimum absolute atomic E-state index is 0.0184. The van der Waals surface area contributed by atoms with Crippen molar-refractivity contribution in [1.29, 1.82) is 0 Å². The van der Waals surface area contributed by atoms with E-state index in [2.05, 4.69) is 9.97 Å². The van der Waals surface area contributed by atoms with Crippen molar-refractivity contribution in [3.05, 3.63) is 66.0 Å². The van der Waals surface area contributed by atoms with E-state index in [9.17, 15) is 9.59 Å². The lowest BCUT2D eigenvalue weighted by molar-refractivity contribution is -0.129. The summed E-state index contributed by atoms with van der Waals surface area (Å²) in [6.07, 6.45) is 1.70. The normalized spacial score (nSPS) is 21.3. The van der Waals surface area contributed by atoms with Crippen LogP contribution in [0.1, 0.15) is 37.1 Å². The fraction of sp³-hybridized carbons (Fsp3) is 0.304. The fourth-order valence-electron chi connectivity index (χ4n) is 4.00. The quantitative estimate of drug-likeness (QED) is 0.689. The molecule has 1 N–H and O–H groups in total. The van der Waals surface area contributed by atoms with E-state index in [1.165, 1.54) is 6.92 Å². The van der Waals surface area contributed by atoms with Gasteiger partial charge in [-0.2, -0.15) is 0 Å². The Balaban J connectivity index is 1.52. The van der Waals surface area contributed by atoms with Gasteiger partial charge in [-0.15, -0.1) is 0 Å². The molecule has 1 aromatic heterocycles. The third kappa shape index (κ3) is 3.79. The Kier molecular flexibility index (Phi) is 5.15. The molecule has 4 rings (SSSR count). The van der Waals surface area contributed by atoms with Crippen molar-refractivity contribution < 1.29 is 9.59 Å². The summed E-state index contributed by atoms with van der Waals surface area (Å²) >= 11 is 0. The molecule has 0 spiro atoms. The van der Waals surface area contributed by atoms with Gasteiger partial charge in [-0.3, -0.25) is 14.6 Å². The van der Waals surface area contributed by atoms with Gasteiger partial charge in [-0.05, 0) is 37.0 Å². The number of imidazole rings is 1. The van der Waals surface area contributed by atoms with Gasteiger partial charge >= 0.3 is 0 Å². The summed E-state index contributed by atoms with van der Waals surface area (Å²) in [5.74, 6) is 0.144. The number of Topliss-reactive ketones (excluding diaryl/α,β-unsaturated/α-hetero) is 2. The lowest BCUT2D eigenvalue weighted by Crippen LogP contribution is -2.37. The summed E-state index contributed by atoms with van der Waals surface area (Å²) in [5, 5.41) is 0. The van der Waals surface area contributed by atoms with Crippen molar-refractivity contribution in [2.45, 2.75) is 32.1 Å². The number of nitrogens with one attached hydrogen (secondary N) is 1. The molecule has 3 aromatic rings. The summed E-state index contributed by atoms with van der Waals surface area (Å²) in [6.45, 7) is 1.99. The van der Waals surface area contributed by atoms with Crippen LogP contribution in [0.4, 0.5) is 0 Å². The van der Waals surface area contributed by atoms with E-state index in [4.69, 9.17) is 4.99 Å². The standard InChI is InChI=1S/C23H23N3O2/c1-15(27)23-20(13-17(14-21(23)28)16-7-3-2-4-8-16)24-12-11-22-25-18-9-5-6-10-19(18)26-22/h2-10,17,23H,11-14H2,1H3,(H,25,26)/t17-,23+/m0/s1. The van der Waals surface area contributed by atoms with E-state index in [0.29, 0.717) is 31.5 Å². The molecule has 0 bridgehead atoms. The zero-order valence-electron chi connectivity index (χ0n) is 15.9. The number of carbonyl (C=O) groups is 2. The van der Waals surface area contributed by atoms with Gasteiger partial charge in [-0.25, -0.2) is 4.98 Å². The minimum Gasteiger partial charge on any atom is -0.342 e. The highest BCUT2D eigenvalue weighted by atomic mass is 16.1. The average molecular weight is 373 g/mol. The highest BCUT2D eigenvalue weighted by Crippen LogP contribution is 2.32. The number of aliphatic imine (C=N–C) groups is 1. The molecular formula is C23H23N3O2. The Morgan fingerprint density at radius 3 is 2.61 bits per heavy atom. The SMILES string of the molecule is CC(=O)[C@H]1C(=O)C[C@@H](c2ccccc2)CC1=NCCc1nc2ccccc2[nH]1. The Hall–Kier alpha value is -3.08. The van der Waals surface area contributed by atoms with Crippen LogP contribution in [0.2, 0.25) is 0 Å². The van der Waals surface area contributed by atoms with Crippen molar-refractivity contribution in [1.82, 2.24) is 9.97 Å². The molecule has 1 aliphatic carbocycles. The van der Waals surface area contributed by atoms with Crippen molar-refractivity contribution in [2.24, 2.45) is 10.9 Å². The molecule has 0 amide bonds. The van der Waals surface area contributed by atoms with Crippen LogP contribution in [0.3, 0.4) is 0 Å². The van der Waals surface area contributed by atoms with Crippen LogP contribution in [-0.2, 0) is 16.0 Å². The lowest BCUT2D eigenvalue weighted by Gasteiger charge is -2.28. The number of nitrogens with zero attached hydrogens (tertiary/aromatic N) is 2. The van der Waals surface area contributed by atoms with Crippen molar-refractivity contribution >= 4 is 28.3 Å². The maximum absolute atomic E-state index is 12.7.